The van der Waals surface area contributed by atoms with Gasteiger partial charge in [0.05, 0.1) is 17.6 Å². The molecule has 37 heavy (non-hydrogen) atoms. The Kier molecular flexibility index (Phi) is 9.45. The van der Waals surface area contributed by atoms with Crippen molar-refractivity contribution in [2.45, 2.75) is 58.0 Å². The van der Waals surface area contributed by atoms with Gasteiger partial charge in [0.25, 0.3) is 5.91 Å². The molecule has 2 aliphatic heterocycles. The molecule has 8 nitrogen and oxygen atoms in total. The Morgan fingerprint density at radius 1 is 1.11 bits per heavy atom. The summed E-state index contributed by atoms with van der Waals surface area (Å²) < 4.78 is 32.9. The third-order valence-electron chi connectivity index (χ3n) is 7.02. The summed E-state index contributed by atoms with van der Waals surface area (Å²) in [5.74, 6) is -0.250. The number of fused-ring (bicyclic) bond motifs is 1. The molecule has 0 aliphatic carbocycles. The number of carbonyl (C=O) groups excluding carboxylic acids is 2. The van der Waals surface area contributed by atoms with Crippen molar-refractivity contribution in [3.8, 4) is 0 Å². The van der Waals surface area contributed by atoms with Gasteiger partial charge in [-0.25, -0.2) is 13.2 Å². The summed E-state index contributed by atoms with van der Waals surface area (Å²) in [6.07, 6.45) is 1.73. The van der Waals surface area contributed by atoms with Crippen LogP contribution in [0, 0.1) is 11.8 Å². The Morgan fingerprint density at radius 2 is 1.73 bits per heavy atom. The van der Waals surface area contributed by atoms with E-state index < -0.39 is 21.9 Å². The number of ether oxygens (including phenoxy) is 1. The van der Waals surface area contributed by atoms with Crippen LogP contribution in [0.1, 0.15) is 65.3 Å². The van der Waals surface area contributed by atoms with Crippen LogP contribution in [-0.2, 0) is 27.7 Å². The van der Waals surface area contributed by atoms with Gasteiger partial charge in [0.2, 0.25) is 10.0 Å². The molecular formula is C26H36ClN3O5S2. The van der Waals surface area contributed by atoms with E-state index in [9.17, 15) is 18.0 Å². The Bertz CT molecular complexity index is 1230. The van der Waals surface area contributed by atoms with Gasteiger partial charge in [-0.3, -0.25) is 9.69 Å². The molecule has 2 aromatic rings. The van der Waals surface area contributed by atoms with E-state index >= 15 is 0 Å². The molecule has 2 aliphatic rings. The molecule has 0 radical (unpaired) electrons. The second-order valence-electron chi connectivity index (χ2n) is 10.3. The Balaban J connectivity index is 0.00000380. The van der Waals surface area contributed by atoms with E-state index in [0.29, 0.717) is 53.5 Å². The molecule has 0 spiro atoms. The topological polar surface area (TPSA) is 96.0 Å². The van der Waals surface area contributed by atoms with Crippen molar-refractivity contribution in [1.82, 2.24) is 9.21 Å². The highest BCUT2D eigenvalue weighted by Gasteiger charge is 2.32. The van der Waals surface area contributed by atoms with Crippen molar-refractivity contribution in [2.24, 2.45) is 11.8 Å². The number of anilines is 1. The number of nitrogens with one attached hydrogen (secondary N) is 1. The van der Waals surface area contributed by atoms with Crippen LogP contribution in [0.5, 0.6) is 0 Å². The number of thiophene rings is 1. The zero-order valence-electron chi connectivity index (χ0n) is 21.9. The van der Waals surface area contributed by atoms with Gasteiger partial charge in [0.15, 0.2) is 0 Å². The number of amides is 1. The number of piperidine rings is 1. The van der Waals surface area contributed by atoms with E-state index in [2.05, 4.69) is 37.9 Å². The first kappa shape index (κ1) is 29.6. The largest absolute Gasteiger partial charge is 0.465 e. The molecule has 0 bridgehead atoms. The van der Waals surface area contributed by atoms with Gasteiger partial charge < -0.3 is 10.1 Å². The van der Waals surface area contributed by atoms with E-state index in [1.165, 1.54) is 42.7 Å². The fraction of sp³-hybridized carbons (Fsp3) is 0.538. The molecule has 1 fully saturated rings. The maximum Gasteiger partial charge on any atom is 0.341 e. The van der Waals surface area contributed by atoms with Gasteiger partial charge >= 0.3 is 5.97 Å². The first-order valence-corrected chi connectivity index (χ1v) is 14.6. The lowest BCUT2D eigenvalue weighted by molar-refractivity contribution is 0.0600. The zero-order valence-corrected chi connectivity index (χ0v) is 24.4. The van der Waals surface area contributed by atoms with Crippen LogP contribution in [0.3, 0.4) is 0 Å². The molecule has 4 rings (SSSR count). The fourth-order valence-electron chi connectivity index (χ4n) is 5.17. The summed E-state index contributed by atoms with van der Waals surface area (Å²) in [6, 6.07) is 6.38. The average Bonchev–Trinajstić information content (AvgIpc) is 3.19. The third-order valence-corrected chi connectivity index (χ3v) is 10.0. The molecule has 11 heteroatoms. The van der Waals surface area contributed by atoms with E-state index in [1.54, 1.807) is 4.31 Å². The number of carbonyl (C=O) groups is 2. The minimum absolute atomic E-state index is 0. The standard InChI is InChI=1S/C26H35N3O5S2.ClH/c1-16(2)28-11-10-21-22(15-28)35-25(23(21)26(31)34-5)27-24(30)19-6-8-20(9-7-19)36(32,33)29-13-17(3)12-18(4)14-29;/h6-9,16-18H,10-15H2,1-5H3,(H,27,30);1H. The van der Waals surface area contributed by atoms with Crippen molar-refractivity contribution >= 4 is 50.6 Å². The SMILES string of the molecule is COC(=O)c1c(NC(=O)c2ccc(S(=O)(=O)N3CC(C)CC(C)C3)cc2)sc2c1CCN(C(C)C)C2.Cl. The number of methoxy groups -OCH3 is 1. The van der Waals surface area contributed by atoms with Crippen molar-refractivity contribution < 1.29 is 22.7 Å². The van der Waals surface area contributed by atoms with Crippen molar-refractivity contribution in [2.75, 3.05) is 32.1 Å². The molecule has 2 atom stereocenters. The normalized spacial score (nSPS) is 20.7. The van der Waals surface area contributed by atoms with Crippen LogP contribution in [0.2, 0.25) is 0 Å². The van der Waals surface area contributed by atoms with Gasteiger partial charge in [-0.15, -0.1) is 23.7 Å². The van der Waals surface area contributed by atoms with Crippen LogP contribution in [0.4, 0.5) is 5.00 Å². The Labute approximate surface area is 229 Å². The van der Waals surface area contributed by atoms with Gasteiger partial charge in [0, 0.05) is 42.7 Å². The van der Waals surface area contributed by atoms with Crippen LogP contribution >= 0.6 is 23.7 Å². The predicted octanol–water partition coefficient (Wildman–Crippen LogP) is 4.64. The maximum absolute atomic E-state index is 13.2. The summed E-state index contributed by atoms with van der Waals surface area (Å²) in [5.41, 5.74) is 1.67. The monoisotopic (exact) mass is 569 g/mol. The first-order chi connectivity index (χ1) is 17.0. The van der Waals surface area contributed by atoms with E-state index in [4.69, 9.17) is 4.74 Å². The Hall–Kier alpha value is -1.98. The quantitative estimate of drug-likeness (QED) is 0.509. The minimum Gasteiger partial charge on any atom is -0.465 e. The fourth-order valence-corrected chi connectivity index (χ4v) is 8.11. The number of esters is 1. The summed E-state index contributed by atoms with van der Waals surface area (Å²) >= 11 is 1.40. The summed E-state index contributed by atoms with van der Waals surface area (Å²) in [7, 11) is -2.29. The highest BCUT2D eigenvalue weighted by molar-refractivity contribution is 7.89. The lowest BCUT2D eigenvalue weighted by Crippen LogP contribution is -2.42. The van der Waals surface area contributed by atoms with Gasteiger partial charge in [-0.2, -0.15) is 4.31 Å². The minimum atomic E-state index is -3.63. The summed E-state index contributed by atoms with van der Waals surface area (Å²) in [5, 5.41) is 3.34. The number of nitrogens with zero attached hydrogens (tertiary/aromatic N) is 2. The number of hydrogen-bond donors (Lipinski definition) is 1. The molecular weight excluding hydrogens is 534 g/mol. The van der Waals surface area contributed by atoms with Crippen molar-refractivity contribution in [3.63, 3.8) is 0 Å². The van der Waals surface area contributed by atoms with Crippen LogP contribution < -0.4 is 5.32 Å². The molecule has 0 saturated carbocycles. The first-order valence-electron chi connectivity index (χ1n) is 12.4. The molecule has 3 heterocycles. The number of rotatable bonds is 6. The van der Waals surface area contributed by atoms with Crippen molar-refractivity contribution in [3.05, 3.63) is 45.8 Å². The van der Waals surface area contributed by atoms with Crippen LogP contribution in [0.25, 0.3) is 0 Å². The second kappa shape index (κ2) is 11.8. The van der Waals surface area contributed by atoms with E-state index in [0.717, 1.165) is 30.0 Å². The van der Waals surface area contributed by atoms with Crippen molar-refractivity contribution in [1.29, 1.82) is 0 Å². The summed E-state index contributed by atoms with van der Waals surface area (Å²) in [4.78, 5) is 29.2. The number of benzene rings is 1. The predicted molar refractivity (Wildman–Crippen MR) is 148 cm³/mol. The van der Waals surface area contributed by atoms with Gasteiger partial charge in [0.1, 0.15) is 5.00 Å². The molecule has 1 N–H and O–H groups in total. The van der Waals surface area contributed by atoms with Gasteiger partial charge in [-0.05, 0) is 68.4 Å². The highest BCUT2D eigenvalue weighted by Crippen LogP contribution is 2.38. The summed E-state index contributed by atoms with van der Waals surface area (Å²) in [6.45, 7) is 11.0. The number of sulfonamides is 1. The lowest BCUT2D eigenvalue weighted by Gasteiger charge is -2.34. The lowest BCUT2D eigenvalue weighted by atomic mass is 9.94. The highest BCUT2D eigenvalue weighted by atomic mass is 35.5. The zero-order chi connectivity index (χ0) is 26.2. The molecule has 1 saturated heterocycles. The third kappa shape index (κ3) is 6.20. The number of halogens is 1. The molecule has 2 unspecified atom stereocenters. The van der Waals surface area contributed by atoms with E-state index in [1.807, 2.05) is 0 Å². The smallest absolute Gasteiger partial charge is 0.341 e. The van der Waals surface area contributed by atoms with Crippen LogP contribution in [0.15, 0.2) is 29.2 Å². The number of hydrogen-bond acceptors (Lipinski definition) is 7. The second-order valence-corrected chi connectivity index (χ2v) is 13.3. The van der Waals surface area contributed by atoms with Gasteiger partial charge in [-0.1, -0.05) is 13.8 Å². The maximum atomic E-state index is 13.2. The molecule has 1 aromatic heterocycles. The Morgan fingerprint density at radius 3 is 2.30 bits per heavy atom. The molecule has 1 aromatic carbocycles. The average molecular weight is 570 g/mol. The molecule has 204 valence electrons. The van der Waals surface area contributed by atoms with E-state index in [-0.39, 0.29) is 17.3 Å². The molecule has 1 amide bonds. The van der Waals surface area contributed by atoms with Crippen LogP contribution in [-0.4, -0.2) is 62.3 Å².